The Morgan fingerprint density at radius 1 is 1.00 bits per heavy atom. The van der Waals surface area contributed by atoms with E-state index >= 15 is 4.39 Å². The molecule has 5 nitrogen and oxygen atoms in total. The second kappa shape index (κ2) is 7.89. The number of fused-ring (bicyclic) bond motifs is 2. The molecule has 150 valence electrons. The molecule has 0 saturated carbocycles. The minimum Gasteiger partial charge on any atom is -0.367 e. The molecule has 4 rings (SSSR count). The van der Waals surface area contributed by atoms with Gasteiger partial charge in [-0.1, -0.05) is 0 Å². The molecule has 0 aromatic heterocycles. The molecule has 7 heteroatoms. The predicted molar refractivity (Wildman–Crippen MR) is 101 cm³/mol. The van der Waals surface area contributed by atoms with E-state index in [9.17, 15) is 4.39 Å². The van der Waals surface area contributed by atoms with Gasteiger partial charge >= 0.3 is 0 Å². The largest absolute Gasteiger partial charge is 0.367 e. The van der Waals surface area contributed by atoms with E-state index in [0.29, 0.717) is 30.9 Å². The average Bonchev–Trinajstić information content (AvgIpc) is 2.92. The van der Waals surface area contributed by atoms with Crippen molar-refractivity contribution in [3.63, 3.8) is 0 Å². The standard InChI is InChI=1S/C20H29F2N3O2/c1-26-20(27-2)13-7-9-24(10-8-13)19-16(21)5-6-17(18(19)22)25-14-3-4-15(25)12-23-11-14/h5-6,13-15,20,23H,3-4,7-12H2,1-2H3. The first-order chi connectivity index (χ1) is 13.1. The van der Waals surface area contributed by atoms with E-state index in [2.05, 4.69) is 10.2 Å². The second-order valence-corrected chi connectivity index (χ2v) is 7.84. The van der Waals surface area contributed by atoms with Crippen LogP contribution in [0.1, 0.15) is 25.7 Å². The summed E-state index contributed by atoms with van der Waals surface area (Å²) >= 11 is 0. The highest BCUT2D eigenvalue weighted by molar-refractivity contribution is 5.64. The van der Waals surface area contributed by atoms with Crippen LogP contribution in [0, 0.1) is 17.6 Å². The fourth-order valence-corrected chi connectivity index (χ4v) is 5.07. The van der Waals surface area contributed by atoms with E-state index in [4.69, 9.17) is 9.47 Å². The molecule has 3 aliphatic rings. The molecule has 1 N–H and O–H groups in total. The minimum atomic E-state index is -0.479. The lowest BCUT2D eigenvalue weighted by Crippen LogP contribution is -2.52. The fourth-order valence-electron chi connectivity index (χ4n) is 5.07. The number of methoxy groups -OCH3 is 2. The van der Waals surface area contributed by atoms with Crippen molar-refractivity contribution in [2.75, 3.05) is 50.2 Å². The predicted octanol–water partition coefficient (Wildman–Crippen LogP) is 2.74. The third-order valence-electron chi connectivity index (χ3n) is 6.41. The van der Waals surface area contributed by atoms with Crippen molar-refractivity contribution >= 4 is 11.4 Å². The molecule has 1 aromatic rings. The maximum absolute atomic E-state index is 15.5. The molecule has 27 heavy (non-hydrogen) atoms. The summed E-state index contributed by atoms with van der Waals surface area (Å²) in [7, 11) is 3.26. The number of nitrogens with one attached hydrogen (secondary N) is 1. The van der Waals surface area contributed by atoms with E-state index in [-0.39, 0.29) is 17.9 Å². The summed E-state index contributed by atoms with van der Waals surface area (Å²) in [6, 6.07) is 3.63. The molecule has 3 saturated heterocycles. The molecule has 0 aliphatic carbocycles. The van der Waals surface area contributed by atoms with Crippen LogP contribution in [0.25, 0.3) is 0 Å². The first kappa shape index (κ1) is 18.9. The lowest BCUT2D eigenvalue weighted by molar-refractivity contribution is -0.141. The van der Waals surface area contributed by atoms with Crippen molar-refractivity contribution in [2.24, 2.45) is 5.92 Å². The van der Waals surface area contributed by atoms with Crippen molar-refractivity contribution in [3.05, 3.63) is 23.8 Å². The topological polar surface area (TPSA) is 37.0 Å². The van der Waals surface area contributed by atoms with Crippen LogP contribution in [-0.4, -0.2) is 58.8 Å². The highest BCUT2D eigenvalue weighted by Gasteiger charge is 2.39. The Labute approximate surface area is 159 Å². The highest BCUT2D eigenvalue weighted by Crippen LogP contribution is 2.39. The molecule has 3 aliphatic heterocycles. The SMILES string of the molecule is COC(OC)C1CCN(c2c(F)ccc(N3C4CCC3CNC4)c2F)CC1. The van der Waals surface area contributed by atoms with E-state index < -0.39 is 11.6 Å². The van der Waals surface area contributed by atoms with Crippen LogP contribution in [0.3, 0.4) is 0 Å². The molecule has 3 heterocycles. The van der Waals surface area contributed by atoms with Crippen molar-refractivity contribution in [2.45, 2.75) is 44.1 Å². The van der Waals surface area contributed by atoms with Crippen molar-refractivity contribution in [1.29, 1.82) is 0 Å². The van der Waals surface area contributed by atoms with Gasteiger partial charge in [0.15, 0.2) is 12.1 Å². The summed E-state index contributed by atoms with van der Waals surface area (Å²) < 4.78 is 40.8. The number of piperazine rings is 1. The summed E-state index contributed by atoms with van der Waals surface area (Å²) in [6.45, 7) is 2.92. The zero-order chi connectivity index (χ0) is 19.0. The number of rotatable bonds is 5. The summed E-state index contributed by atoms with van der Waals surface area (Å²) in [6.07, 6.45) is 3.43. The molecular weight excluding hydrogens is 352 g/mol. The number of halogens is 2. The maximum Gasteiger partial charge on any atom is 0.172 e. The summed E-state index contributed by atoms with van der Waals surface area (Å²) in [5.41, 5.74) is 0.671. The molecule has 2 bridgehead atoms. The van der Waals surface area contributed by atoms with Gasteiger partial charge in [0.25, 0.3) is 0 Å². The molecule has 2 unspecified atom stereocenters. The average molecular weight is 381 g/mol. The zero-order valence-corrected chi connectivity index (χ0v) is 16.1. The Hall–Kier alpha value is -1.44. The quantitative estimate of drug-likeness (QED) is 0.794. The third kappa shape index (κ3) is 3.41. The summed E-state index contributed by atoms with van der Waals surface area (Å²) in [5.74, 6) is -0.649. The number of hydrogen-bond donors (Lipinski definition) is 1. The smallest absolute Gasteiger partial charge is 0.172 e. The minimum absolute atomic E-state index is 0.121. The Morgan fingerprint density at radius 2 is 1.63 bits per heavy atom. The summed E-state index contributed by atoms with van der Waals surface area (Å²) in [4.78, 5) is 4.02. The van der Waals surface area contributed by atoms with Crippen LogP contribution in [0.15, 0.2) is 12.1 Å². The third-order valence-corrected chi connectivity index (χ3v) is 6.41. The monoisotopic (exact) mass is 381 g/mol. The molecule has 3 fully saturated rings. The Kier molecular flexibility index (Phi) is 5.53. The number of benzene rings is 1. The van der Waals surface area contributed by atoms with E-state index in [1.807, 2.05) is 4.90 Å². The lowest BCUT2D eigenvalue weighted by Gasteiger charge is -2.39. The number of piperidine rings is 1. The molecule has 1 aromatic carbocycles. The first-order valence-electron chi connectivity index (χ1n) is 9.91. The number of anilines is 2. The van der Waals surface area contributed by atoms with Gasteiger partial charge in [-0.25, -0.2) is 8.78 Å². The first-order valence-corrected chi connectivity index (χ1v) is 9.91. The van der Waals surface area contributed by atoms with E-state index in [1.165, 1.54) is 6.07 Å². The normalized spacial score (nSPS) is 26.3. The zero-order valence-electron chi connectivity index (χ0n) is 16.1. The number of nitrogens with zero attached hydrogens (tertiary/aromatic N) is 2. The van der Waals surface area contributed by atoms with Gasteiger partial charge < -0.3 is 24.6 Å². The summed E-state index contributed by atoms with van der Waals surface area (Å²) in [5, 5.41) is 3.41. The van der Waals surface area contributed by atoms with Crippen LogP contribution in [0.4, 0.5) is 20.2 Å². The fraction of sp³-hybridized carbons (Fsp3) is 0.700. The molecule has 0 spiro atoms. The van der Waals surface area contributed by atoms with Crippen molar-refractivity contribution in [1.82, 2.24) is 5.32 Å². The number of ether oxygens (including phenoxy) is 2. The number of hydrogen-bond acceptors (Lipinski definition) is 5. The van der Waals surface area contributed by atoms with Gasteiger partial charge in [-0.15, -0.1) is 0 Å². The molecule has 0 amide bonds. The molecule has 2 atom stereocenters. The maximum atomic E-state index is 15.5. The van der Waals surface area contributed by atoms with E-state index in [1.54, 1.807) is 20.3 Å². The van der Waals surface area contributed by atoms with Gasteiger partial charge in [-0.2, -0.15) is 0 Å². The van der Waals surface area contributed by atoms with E-state index in [0.717, 1.165) is 38.8 Å². The van der Waals surface area contributed by atoms with Gasteiger partial charge in [0, 0.05) is 58.4 Å². The van der Waals surface area contributed by atoms with Crippen LogP contribution in [0.5, 0.6) is 0 Å². The second-order valence-electron chi connectivity index (χ2n) is 7.84. The lowest BCUT2D eigenvalue weighted by atomic mass is 9.95. The van der Waals surface area contributed by atoms with Crippen molar-refractivity contribution in [3.8, 4) is 0 Å². The van der Waals surface area contributed by atoms with Gasteiger partial charge in [-0.3, -0.25) is 0 Å². The highest BCUT2D eigenvalue weighted by atomic mass is 19.1. The Bertz CT molecular complexity index is 647. The Morgan fingerprint density at radius 3 is 2.22 bits per heavy atom. The van der Waals surface area contributed by atoms with Gasteiger partial charge in [0.2, 0.25) is 0 Å². The molecule has 0 radical (unpaired) electrons. The van der Waals surface area contributed by atoms with Crippen LogP contribution < -0.4 is 15.1 Å². The van der Waals surface area contributed by atoms with Crippen molar-refractivity contribution < 1.29 is 18.3 Å². The van der Waals surface area contributed by atoms with Crippen LogP contribution in [0.2, 0.25) is 0 Å². The van der Waals surface area contributed by atoms with Gasteiger partial charge in [-0.05, 0) is 37.8 Å². The van der Waals surface area contributed by atoms with Crippen LogP contribution in [-0.2, 0) is 9.47 Å². The van der Waals surface area contributed by atoms with Gasteiger partial charge in [0.1, 0.15) is 11.5 Å². The van der Waals surface area contributed by atoms with Crippen LogP contribution >= 0.6 is 0 Å². The van der Waals surface area contributed by atoms with Gasteiger partial charge in [0.05, 0.1) is 5.69 Å². The Balaban J connectivity index is 1.56. The molecular formula is C20H29F2N3O2.